The van der Waals surface area contributed by atoms with E-state index in [-0.39, 0.29) is 6.04 Å². The molecule has 1 aromatic carbocycles. The summed E-state index contributed by atoms with van der Waals surface area (Å²) in [5.41, 5.74) is 2.45. The third-order valence-electron chi connectivity index (χ3n) is 6.93. The molecule has 0 heterocycles. The second-order valence-corrected chi connectivity index (χ2v) is 13.7. The van der Waals surface area contributed by atoms with Gasteiger partial charge in [-0.15, -0.1) is 0 Å². The second kappa shape index (κ2) is 12.6. The predicted molar refractivity (Wildman–Crippen MR) is 136 cm³/mol. The first-order valence-electron chi connectivity index (χ1n) is 12.3. The Morgan fingerprint density at radius 2 is 1.52 bits per heavy atom. The van der Waals surface area contributed by atoms with E-state index in [9.17, 15) is 16.8 Å². The Hall–Kier alpha value is -1.00. The van der Waals surface area contributed by atoms with Crippen LogP contribution in [-0.2, 0) is 26.7 Å². The molecule has 9 heteroatoms. The SMILES string of the molecule is CCC(C)NS(=O)(=O)NCCc1ccc(C2CCC(C(C)CNS(=O)(=O)C(C)C)CC2)cc1. The molecular formula is C24H43N3O4S2. The molecule has 0 amide bonds. The molecule has 1 saturated carbocycles. The summed E-state index contributed by atoms with van der Waals surface area (Å²) < 4.78 is 56.0. The number of benzene rings is 1. The summed E-state index contributed by atoms with van der Waals surface area (Å²) in [5.74, 6) is 1.42. The van der Waals surface area contributed by atoms with Crippen LogP contribution in [0.5, 0.6) is 0 Å². The molecule has 190 valence electrons. The van der Waals surface area contributed by atoms with Crippen molar-refractivity contribution in [1.29, 1.82) is 0 Å². The van der Waals surface area contributed by atoms with Crippen LogP contribution in [0.2, 0.25) is 0 Å². The van der Waals surface area contributed by atoms with Crippen LogP contribution in [-0.4, -0.2) is 41.2 Å². The van der Waals surface area contributed by atoms with Crippen molar-refractivity contribution in [3.63, 3.8) is 0 Å². The number of sulfonamides is 1. The van der Waals surface area contributed by atoms with Gasteiger partial charge in [-0.25, -0.2) is 17.9 Å². The monoisotopic (exact) mass is 501 g/mol. The van der Waals surface area contributed by atoms with E-state index in [0.29, 0.717) is 37.3 Å². The summed E-state index contributed by atoms with van der Waals surface area (Å²) in [7, 11) is -6.66. The molecule has 2 rings (SSSR count). The van der Waals surface area contributed by atoms with E-state index < -0.39 is 25.5 Å². The molecule has 7 nitrogen and oxygen atoms in total. The molecule has 0 aliphatic heterocycles. The summed E-state index contributed by atoms with van der Waals surface area (Å²) in [6.07, 6.45) is 5.86. The molecule has 33 heavy (non-hydrogen) atoms. The Morgan fingerprint density at radius 1 is 0.909 bits per heavy atom. The van der Waals surface area contributed by atoms with Crippen LogP contribution in [0.1, 0.15) is 83.8 Å². The fourth-order valence-electron chi connectivity index (χ4n) is 4.28. The summed E-state index contributed by atoms with van der Waals surface area (Å²) in [6, 6.07) is 8.46. The van der Waals surface area contributed by atoms with Gasteiger partial charge in [0.2, 0.25) is 10.0 Å². The van der Waals surface area contributed by atoms with Crippen LogP contribution in [0.4, 0.5) is 0 Å². The number of rotatable bonds is 13. The first kappa shape index (κ1) is 28.2. The smallest absolute Gasteiger partial charge is 0.215 e. The number of hydrogen-bond donors (Lipinski definition) is 3. The minimum Gasteiger partial charge on any atom is -0.215 e. The van der Waals surface area contributed by atoms with E-state index in [1.165, 1.54) is 5.56 Å². The van der Waals surface area contributed by atoms with Crippen LogP contribution in [0.25, 0.3) is 0 Å². The molecule has 0 aromatic heterocycles. The molecular weight excluding hydrogens is 458 g/mol. The lowest BCUT2D eigenvalue weighted by molar-refractivity contribution is 0.246. The van der Waals surface area contributed by atoms with Crippen molar-refractivity contribution in [3.05, 3.63) is 35.4 Å². The number of hydrogen-bond acceptors (Lipinski definition) is 4. The fraction of sp³-hybridized carbons (Fsp3) is 0.750. The van der Waals surface area contributed by atoms with E-state index >= 15 is 0 Å². The Morgan fingerprint density at radius 3 is 2.06 bits per heavy atom. The van der Waals surface area contributed by atoms with Gasteiger partial charge in [0.1, 0.15) is 0 Å². The molecule has 1 aromatic rings. The maximum atomic E-state index is 12.0. The zero-order valence-electron chi connectivity index (χ0n) is 20.8. The lowest BCUT2D eigenvalue weighted by atomic mass is 9.74. The molecule has 0 saturated heterocycles. The highest BCUT2D eigenvalue weighted by Crippen LogP contribution is 2.38. The standard InChI is InChI=1S/C24H43N3O4S2/c1-6-20(5)27-33(30,31)25-16-15-21-7-9-23(10-8-21)24-13-11-22(12-14-24)19(4)17-26-32(28,29)18(2)3/h7-10,18-20,22,24-27H,6,11-17H2,1-5H3. The Kier molecular flexibility index (Phi) is 10.8. The van der Waals surface area contributed by atoms with Gasteiger partial charge < -0.3 is 0 Å². The Bertz CT molecular complexity index is 923. The predicted octanol–water partition coefficient (Wildman–Crippen LogP) is 3.69. The first-order valence-corrected chi connectivity index (χ1v) is 15.3. The lowest BCUT2D eigenvalue weighted by Gasteiger charge is -2.32. The van der Waals surface area contributed by atoms with Crippen LogP contribution >= 0.6 is 0 Å². The van der Waals surface area contributed by atoms with E-state index in [2.05, 4.69) is 45.4 Å². The zero-order valence-corrected chi connectivity index (χ0v) is 22.4. The van der Waals surface area contributed by atoms with E-state index in [1.807, 2.05) is 13.8 Å². The van der Waals surface area contributed by atoms with E-state index in [1.54, 1.807) is 13.8 Å². The van der Waals surface area contributed by atoms with Gasteiger partial charge in [0.25, 0.3) is 10.2 Å². The van der Waals surface area contributed by atoms with Crippen molar-refractivity contribution in [2.24, 2.45) is 11.8 Å². The van der Waals surface area contributed by atoms with Gasteiger partial charge in [-0.2, -0.15) is 13.1 Å². The van der Waals surface area contributed by atoms with E-state index in [0.717, 1.165) is 37.7 Å². The summed E-state index contributed by atoms with van der Waals surface area (Å²) in [4.78, 5) is 0. The first-order chi connectivity index (χ1) is 15.4. The Labute approximate surface area is 201 Å². The highest BCUT2D eigenvalue weighted by atomic mass is 32.2. The normalized spacial score (nSPS) is 21.8. The molecule has 1 aliphatic rings. The van der Waals surface area contributed by atoms with Gasteiger partial charge in [-0.3, -0.25) is 0 Å². The highest BCUT2D eigenvalue weighted by Gasteiger charge is 2.27. The summed E-state index contributed by atoms with van der Waals surface area (Å²) in [6.45, 7) is 10.2. The molecule has 2 unspecified atom stereocenters. The molecule has 0 bridgehead atoms. The molecule has 1 aliphatic carbocycles. The van der Waals surface area contributed by atoms with Gasteiger partial charge in [0.05, 0.1) is 5.25 Å². The quantitative estimate of drug-likeness (QED) is 0.383. The van der Waals surface area contributed by atoms with Crippen molar-refractivity contribution in [3.8, 4) is 0 Å². The topological polar surface area (TPSA) is 104 Å². The molecule has 0 spiro atoms. The molecule has 1 fully saturated rings. The Balaban J connectivity index is 1.77. The third-order valence-corrected chi connectivity index (χ3v) is 10.0. The minimum atomic E-state index is -3.46. The third kappa shape index (κ3) is 9.28. The van der Waals surface area contributed by atoms with Crippen LogP contribution in [0.3, 0.4) is 0 Å². The minimum absolute atomic E-state index is 0.0794. The molecule has 3 N–H and O–H groups in total. The van der Waals surface area contributed by atoms with Crippen LogP contribution in [0, 0.1) is 11.8 Å². The largest absolute Gasteiger partial charge is 0.277 e. The van der Waals surface area contributed by atoms with Gasteiger partial charge in [0.15, 0.2) is 0 Å². The fourth-order valence-corrected chi connectivity index (χ4v) is 6.26. The van der Waals surface area contributed by atoms with Gasteiger partial charge >= 0.3 is 0 Å². The summed E-state index contributed by atoms with van der Waals surface area (Å²) in [5, 5.41) is -0.398. The van der Waals surface area contributed by atoms with Crippen molar-refractivity contribution < 1.29 is 16.8 Å². The van der Waals surface area contributed by atoms with Crippen LogP contribution in [0.15, 0.2) is 24.3 Å². The van der Waals surface area contributed by atoms with Crippen LogP contribution < -0.4 is 14.2 Å². The van der Waals surface area contributed by atoms with Gasteiger partial charge in [-0.05, 0) is 88.2 Å². The van der Waals surface area contributed by atoms with Crippen molar-refractivity contribution >= 4 is 20.2 Å². The van der Waals surface area contributed by atoms with Crippen molar-refractivity contribution in [2.45, 2.75) is 90.4 Å². The maximum Gasteiger partial charge on any atom is 0.277 e. The maximum absolute atomic E-state index is 12.0. The van der Waals surface area contributed by atoms with E-state index in [4.69, 9.17) is 0 Å². The highest BCUT2D eigenvalue weighted by molar-refractivity contribution is 7.90. The lowest BCUT2D eigenvalue weighted by Crippen LogP contribution is -2.41. The number of nitrogens with one attached hydrogen (secondary N) is 3. The second-order valence-electron chi connectivity index (χ2n) is 9.85. The molecule has 0 radical (unpaired) electrons. The average molecular weight is 502 g/mol. The van der Waals surface area contributed by atoms with Gasteiger partial charge in [0, 0.05) is 19.1 Å². The molecule has 2 atom stereocenters. The summed E-state index contributed by atoms with van der Waals surface area (Å²) >= 11 is 0. The van der Waals surface area contributed by atoms with Gasteiger partial charge in [-0.1, -0.05) is 38.1 Å². The van der Waals surface area contributed by atoms with Crippen molar-refractivity contribution in [2.75, 3.05) is 13.1 Å². The zero-order chi connectivity index (χ0) is 24.6. The van der Waals surface area contributed by atoms with Crippen molar-refractivity contribution in [1.82, 2.24) is 14.2 Å². The average Bonchev–Trinajstić information content (AvgIpc) is 2.77.